The lowest BCUT2D eigenvalue weighted by Gasteiger charge is -2.12. The Balaban J connectivity index is 1.82. The second-order valence-electron chi connectivity index (χ2n) is 4.74. The van der Waals surface area contributed by atoms with Gasteiger partial charge in [0.25, 0.3) is 5.91 Å². The van der Waals surface area contributed by atoms with E-state index in [4.69, 9.17) is 0 Å². The molecular weight excluding hydrogens is 287 g/mol. The number of carbonyl (C=O) groups excluding carboxylic acids is 1. The van der Waals surface area contributed by atoms with Crippen molar-refractivity contribution in [3.05, 3.63) is 65.0 Å². The quantitative estimate of drug-likeness (QED) is 0.796. The molecule has 0 aliphatic carbocycles. The van der Waals surface area contributed by atoms with E-state index in [-0.39, 0.29) is 17.8 Å². The molecule has 0 saturated carbocycles. The van der Waals surface area contributed by atoms with Crippen LogP contribution in [0.2, 0.25) is 0 Å². The van der Waals surface area contributed by atoms with Crippen LogP contribution in [0.1, 0.15) is 28.2 Å². The molecular formula is C16H13FN2OS. The van der Waals surface area contributed by atoms with Gasteiger partial charge in [0, 0.05) is 22.5 Å². The molecule has 2 heterocycles. The molecule has 1 amide bonds. The van der Waals surface area contributed by atoms with Gasteiger partial charge >= 0.3 is 0 Å². The number of thiophene rings is 1. The first kappa shape index (κ1) is 13.7. The molecule has 0 aliphatic heterocycles. The minimum Gasteiger partial charge on any atom is -0.345 e. The summed E-state index contributed by atoms with van der Waals surface area (Å²) < 4.78 is 14.4. The molecule has 2 aromatic heterocycles. The maximum Gasteiger partial charge on any atom is 0.261 e. The Morgan fingerprint density at radius 2 is 2.19 bits per heavy atom. The number of fused-ring (bicyclic) bond motifs is 1. The highest BCUT2D eigenvalue weighted by molar-refractivity contribution is 7.20. The highest BCUT2D eigenvalue weighted by Crippen LogP contribution is 2.28. The molecule has 21 heavy (non-hydrogen) atoms. The van der Waals surface area contributed by atoms with Gasteiger partial charge in [0.15, 0.2) is 0 Å². The van der Waals surface area contributed by atoms with Crippen LogP contribution in [0.25, 0.3) is 10.1 Å². The topological polar surface area (TPSA) is 42.0 Å². The maximum absolute atomic E-state index is 13.7. The summed E-state index contributed by atoms with van der Waals surface area (Å²) in [6.45, 7) is 1.89. The molecule has 0 radical (unpaired) electrons. The molecule has 1 N–H and O–H groups in total. The third-order valence-electron chi connectivity index (χ3n) is 3.26. The molecule has 3 rings (SSSR count). The van der Waals surface area contributed by atoms with Gasteiger partial charge in [-0.05, 0) is 36.8 Å². The third kappa shape index (κ3) is 2.78. The lowest BCUT2D eigenvalue weighted by atomic mass is 10.1. The average molecular weight is 300 g/mol. The molecule has 0 spiro atoms. The predicted octanol–water partition coefficient (Wildman–Crippen LogP) is 3.93. The number of hydrogen-bond acceptors (Lipinski definition) is 3. The fourth-order valence-electron chi connectivity index (χ4n) is 2.12. The van der Waals surface area contributed by atoms with Crippen molar-refractivity contribution in [3.63, 3.8) is 0 Å². The first-order valence-electron chi connectivity index (χ1n) is 6.54. The van der Waals surface area contributed by atoms with E-state index in [1.807, 2.05) is 25.1 Å². The van der Waals surface area contributed by atoms with Crippen molar-refractivity contribution >= 4 is 27.3 Å². The first-order chi connectivity index (χ1) is 10.1. The van der Waals surface area contributed by atoms with Crippen LogP contribution in [-0.4, -0.2) is 10.9 Å². The second-order valence-corrected chi connectivity index (χ2v) is 5.83. The lowest BCUT2D eigenvalue weighted by molar-refractivity contribution is 0.0944. The van der Waals surface area contributed by atoms with Crippen LogP contribution in [0, 0.1) is 5.82 Å². The molecule has 1 aromatic carbocycles. The monoisotopic (exact) mass is 300 g/mol. The van der Waals surface area contributed by atoms with Crippen molar-refractivity contribution in [2.45, 2.75) is 13.0 Å². The normalized spacial score (nSPS) is 12.3. The highest BCUT2D eigenvalue weighted by atomic mass is 32.1. The van der Waals surface area contributed by atoms with Gasteiger partial charge in [0.1, 0.15) is 5.82 Å². The zero-order valence-corrected chi connectivity index (χ0v) is 12.2. The van der Waals surface area contributed by atoms with Crippen LogP contribution in [-0.2, 0) is 0 Å². The van der Waals surface area contributed by atoms with E-state index in [0.717, 1.165) is 10.3 Å². The van der Waals surface area contributed by atoms with Gasteiger partial charge in [-0.15, -0.1) is 11.3 Å². The zero-order valence-electron chi connectivity index (χ0n) is 11.3. The van der Waals surface area contributed by atoms with Crippen molar-refractivity contribution in [2.75, 3.05) is 0 Å². The molecule has 1 atom stereocenters. The summed E-state index contributed by atoms with van der Waals surface area (Å²) in [6, 6.07) is 10.0. The van der Waals surface area contributed by atoms with E-state index in [1.165, 1.54) is 17.4 Å². The number of benzene rings is 1. The van der Waals surface area contributed by atoms with E-state index in [2.05, 4.69) is 10.3 Å². The number of nitrogens with one attached hydrogen (secondary N) is 1. The average Bonchev–Trinajstić information content (AvgIpc) is 2.94. The second kappa shape index (κ2) is 5.61. The smallest absolute Gasteiger partial charge is 0.261 e. The fourth-order valence-corrected chi connectivity index (χ4v) is 3.10. The van der Waals surface area contributed by atoms with Gasteiger partial charge < -0.3 is 5.32 Å². The Morgan fingerprint density at radius 3 is 2.90 bits per heavy atom. The Hall–Kier alpha value is -2.27. The van der Waals surface area contributed by atoms with Crippen LogP contribution < -0.4 is 5.32 Å². The van der Waals surface area contributed by atoms with Crippen LogP contribution >= 0.6 is 11.3 Å². The van der Waals surface area contributed by atoms with Crippen LogP contribution in [0.3, 0.4) is 0 Å². The number of carbonyl (C=O) groups is 1. The minimum absolute atomic E-state index is 0.152. The van der Waals surface area contributed by atoms with Crippen LogP contribution in [0.4, 0.5) is 4.39 Å². The van der Waals surface area contributed by atoms with Crippen molar-refractivity contribution < 1.29 is 9.18 Å². The summed E-state index contributed by atoms with van der Waals surface area (Å²) in [6.07, 6.45) is 3.41. The Bertz CT molecular complexity index is 785. The number of pyridine rings is 1. The summed E-state index contributed by atoms with van der Waals surface area (Å²) in [5.41, 5.74) is 0.929. The molecule has 1 unspecified atom stereocenters. The third-order valence-corrected chi connectivity index (χ3v) is 4.36. The molecule has 3 nitrogen and oxygen atoms in total. The highest BCUT2D eigenvalue weighted by Gasteiger charge is 2.15. The minimum atomic E-state index is -0.303. The van der Waals surface area contributed by atoms with Gasteiger partial charge in [-0.1, -0.05) is 12.1 Å². The van der Waals surface area contributed by atoms with Gasteiger partial charge in [0.05, 0.1) is 10.9 Å². The number of nitrogens with zero attached hydrogens (tertiary/aromatic N) is 1. The van der Waals surface area contributed by atoms with Crippen molar-refractivity contribution in [1.29, 1.82) is 0 Å². The molecule has 0 saturated heterocycles. The van der Waals surface area contributed by atoms with Gasteiger partial charge in [0.2, 0.25) is 0 Å². The first-order valence-corrected chi connectivity index (χ1v) is 7.35. The van der Waals surface area contributed by atoms with E-state index in [1.54, 1.807) is 24.5 Å². The molecule has 0 aliphatic rings. The molecule has 5 heteroatoms. The van der Waals surface area contributed by atoms with Crippen molar-refractivity contribution in [2.24, 2.45) is 0 Å². The number of hydrogen-bond donors (Lipinski definition) is 1. The standard InChI is InChI=1S/C16H13FN2OS/c1-10(11-4-3-7-18-9-11)19-16(20)15-8-12-13(17)5-2-6-14(12)21-15/h2-10H,1H3,(H,19,20). The predicted molar refractivity (Wildman–Crippen MR) is 81.9 cm³/mol. The van der Waals surface area contributed by atoms with E-state index >= 15 is 0 Å². The van der Waals surface area contributed by atoms with Crippen LogP contribution in [0.15, 0.2) is 48.8 Å². The summed E-state index contributed by atoms with van der Waals surface area (Å²) in [7, 11) is 0. The fraction of sp³-hybridized carbons (Fsp3) is 0.125. The Kier molecular flexibility index (Phi) is 3.66. The van der Waals surface area contributed by atoms with Gasteiger partial charge in [-0.3, -0.25) is 9.78 Å². The van der Waals surface area contributed by atoms with E-state index < -0.39 is 0 Å². The maximum atomic E-state index is 13.7. The Labute approximate surface area is 125 Å². The lowest BCUT2D eigenvalue weighted by Crippen LogP contribution is -2.25. The number of rotatable bonds is 3. The SMILES string of the molecule is CC(NC(=O)c1cc2c(F)cccc2s1)c1cccnc1. The Morgan fingerprint density at radius 1 is 1.33 bits per heavy atom. The van der Waals surface area contributed by atoms with E-state index in [9.17, 15) is 9.18 Å². The summed E-state index contributed by atoms with van der Waals surface area (Å²) in [4.78, 5) is 16.8. The van der Waals surface area contributed by atoms with Crippen LogP contribution in [0.5, 0.6) is 0 Å². The van der Waals surface area contributed by atoms with Gasteiger partial charge in [-0.25, -0.2) is 4.39 Å². The number of amides is 1. The molecule has 3 aromatic rings. The summed E-state index contributed by atoms with van der Waals surface area (Å²) in [5, 5.41) is 3.39. The van der Waals surface area contributed by atoms with E-state index in [0.29, 0.717) is 10.3 Å². The van der Waals surface area contributed by atoms with Crippen molar-refractivity contribution in [1.82, 2.24) is 10.3 Å². The summed E-state index contributed by atoms with van der Waals surface area (Å²) in [5.74, 6) is -0.505. The van der Waals surface area contributed by atoms with Crippen molar-refractivity contribution in [3.8, 4) is 0 Å². The number of aromatic nitrogens is 1. The van der Waals surface area contributed by atoms with Gasteiger partial charge in [-0.2, -0.15) is 0 Å². The molecule has 106 valence electrons. The molecule has 0 fully saturated rings. The summed E-state index contributed by atoms with van der Waals surface area (Å²) >= 11 is 1.29. The number of halogens is 1. The molecule has 0 bridgehead atoms. The largest absolute Gasteiger partial charge is 0.345 e. The zero-order chi connectivity index (χ0) is 14.8.